The Morgan fingerprint density at radius 3 is 2.46 bits per heavy atom. The lowest BCUT2D eigenvalue weighted by Gasteiger charge is -2.13. The maximum Gasteiger partial charge on any atom is 0.162 e. The highest BCUT2D eigenvalue weighted by Gasteiger charge is 2.11. The molecule has 26 heavy (non-hydrogen) atoms. The van der Waals surface area contributed by atoms with Crippen molar-refractivity contribution < 1.29 is 18.4 Å². The van der Waals surface area contributed by atoms with Crippen LogP contribution in [0.15, 0.2) is 53.6 Å². The van der Waals surface area contributed by atoms with Gasteiger partial charge in [0, 0.05) is 28.8 Å². The van der Waals surface area contributed by atoms with Gasteiger partial charge in [-0.1, -0.05) is 12.1 Å². The first kappa shape index (κ1) is 18.0. The molecule has 0 saturated heterocycles. The smallest absolute Gasteiger partial charge is 0.162 e. The number of rotatable bonds is 6. The molecule has 0 aliphatic rings. The molecule has 1 aromatic heterocycles. The lowest BCUT2D eigenvalue weighted by atomic mass is 10.1. The molecular weight excluding hydrogens is 352 g/mol. The summed E-state index contributed by atoms with van der Waals surface area (Å²) in [6, 6.07) is 12.5. The number of hydrogen-bond donors (Lipinski definition) is 1. The second-order valence-electron chi connectivity index (χ2n) is 5.81. The van der Waals surface area contributed by atoms with Crippen LogP contribution in [0.3, 0.4) is 0 Å². The Hall–Kier alpha value is -2.80. The average Bonchev–Trinajstić information content (AvgIpc) is 2.64. The maximum absolute atomic E-state index is 11.9. The minimum atomic E-state index is -2.76. The average molecular weight is 372 g/mol. The summed E-state index contributed by atoms with van der Waals surface area (Å²) in [7, 11) is 0.401. The quantitative estimate of drug-likeness (QED) is 0.710. The van der Waals surface area contributed by atoms with Crippen LogP contribution in [0.2, 0.25) is 0 Å². The third-order valence-electron chi connectivity index (χ3n) is 3.95. The Balaban J connectivity index is 1.92. The van der Waals surface area contributed by atoms with E-state index in [9.17, 15) is 4.21 Å². The van der Waals surface area contributed by atoms with E-state index in [4.69, 9.17) is 19.0 Å². The second kappa shape index (κ2) is 7.21. The molecule has 0 aliphatic carbocycles. The second-order valence-corrected chi connectivity index (χ2v) is 7.97. The Morgan fingerprint density at radius 1 is 1.04 bits per heavy atom. The number of methoxy groups -OCH3 is 2. The minimum Gasteiger partial charge on any atom is -0.493 e. The van der Waals surface area contributed by atoms with Crippen LogP contribution in [0.5, 0.6) is 17.2 Å². The molecule has 0 fully saturated rings. The molecule has 0 bridgehead atoms. The SMILES string of the molecule is COc1cc2nccc(OCc3cccc([S@@](C)(=N)=O)c3)c2cc1OC. The third kappa shape index (κ3) is 3.72. The summed E-state index contributed by atoms with van der Waals surface area (Å²) in [5.74, 6) is 1.86. The van der Waals surface area contributed by atoms with Gasteiger partial charge in [0.15, 0.2) is 11.5 Å². The van der Waals surface area contributed by atoms with Crippen molar-refractivity contribution in [2.24, 2.45) is 0 Å². The van der Waals surface area contributed by atoms with Gasteiger partial charge >= 0.3 is 0 Å². The van der Waals surface area contributed by atoms with Crippen LogP contribution in [-0.2, 0) is 16.3 Å². The van der Waals surface area contributed by atoms with Crippen LogP contribution < -0.4 is 14.2 Å². The highest BCUT2D eigenvalue weighted by molar-refractivity contribution is 7.91. The summed E-state index contributed by atoms with van der Waals surface area (Å²) >= 11 is 0. The molecule has 1 atom stereocenters. The minimum absolute atomic E-state index is 0.289. The van der Waals surface area contributed by atoms with Crippen LogP contribution in [-0.4, -0.2) is 29.7 Å². The largest absolute Gasteiger partial charge is 0.493 e. The van der Waals surface area contributed by atoms with E-state index in [1.165, 1.54) is 6.26 Å². The standard InChI is InChI=1S/C19H20N2O4S/c1-23-18-10-15-16(11-19(18)24-2)21-8-7-17(15)25-12-13-5-4-6-14(9-13)26(3,20)22/h4-11,20H,12H2,1-3H3/t26-/m0/s1. The van der Waals surface area contributed by atoms with E-state index in [1.807, 2.05) is 12.1 Å². The van der Waals surface area contributed by atoms with Crippen molar-refractivity contribution in [3.05, 3.63) is 54.2 Å². The molecule has 2 aromatic carbocycles. The summed E-state index contributed by atoms with van der Waals surface area (Å²) < 4.78 is 36.2. The van der Waals surface area contributed by atoms with Gasteiger partial charge in [0.2, 0.25) is 0 Å². The number of nitrogens with one attached hydrogen (secondary N) is 1. The number of aromatic nitrogens is 1. The summed E-state index contributed by atoms with van der Waals surface area (Å²) in [6.07, 6.45) is 3.08. The van der Waals surface area contributed by atoms with Gasteiger partial charge in [0.1, 0.15) is 12.4 Å². The molecule has 0 amide bonds. The van der Waals surface area contributed by atoms with E-state index >= 15 is 0 Å². The summed E-state index contributed by atoms with van der Waals surface area (Å²) in [6.45, 7) is 0.289. The van der Waals surface area contributed by atoms with Gasteiger partial charge in [-0.15, -0.1) is 0 Å². The van der Waals surface area contributed by atoms with E-state index in [2.05, 4.69) is 4.98 Å². The molecule has 7 heteroatoms. The fraction of sp³-hybridized carbons (Fsp3) is 0.211. The zero-order valence-electron chi connectivity index (χ0n) is 14.8. The van der Waals surface area contributed by atoms with Crippen molar-refractivity contribution in [1.82, 2.24) is 4.98 Å². The van der Waals surface area contributed by atoms with Crippen molar-refractivity contribution in [3.63, 3.8) is 0 Å². The van der Waals surface area contributed by atoms with Crippen LogP contribution in [0.25, 0.3) is 10.9 Å². The summed E-state index contributed by atoms with van der Waals surface area (Å²) in [4.78, 5) is 4.84. The van der Waals surface area contributed by atoms with Crippen molar-refractivity contribution in [3.8, 4) is 17.2 Å². The predicted molar refractivity (Wildman–Crippen MR) is 101 cm³/mol. The molecular formula is C19H20N2O4S. The van der Waals surface area contributed by atoms with E-state index in [-0.39, 0.29) is 6.61 Å². The zero-order chi connectivity index (χ0) is 18.7. The number of hydrogen-bond acceptors (Lipinski definition) is 6. The molecule has 3 aromatic rings. The van der Waals surface area contributed by atoms with Crippen LogP contribution in [0.4, 0.5) is 0 Å². The first-order valence-corrected chi connectivity index (χ1v) is 9.85. The van der Waals surface area contributed by atoms with Gasteiger partial charge in [0.05, 0.1) is 29.5 Å². The number of ether oxygens (including phenoxy) is 3. The first-order chi connectivity index (χ1) is 12.4. The molecule has 0 spiro atoms. The maximum atomic E-state index is 11.9. The third-order valence-corrected chi connectivity index (χ3v) is 5.10. The number of benzene rings is 2. The Labute approximate surface area is 152 Å². The van der Waals surface area contributed by atoms with Gasteiger partial charge < -0.3 is 14.2 Å². The Kier molecular flexibility index (Phi) is 4.99. The van der Waals surface area contributed by atoms with Crippen molar-refractivity contribution in [2.45, 2.75) is 11.5 Å². The predicted octanol–water partition coefficient (Wildman–Crippen LogP) is 3.87. The van der Waals surface area contributed by atoms with Gasteiger partial charge in [-0.2, -0.15) is 0 Å². The van der Waals surface area contributed by atoms with Gasteiger partial charge in [-0.05, 0) is 29.8 Å². The van der Waals surface area contributed by atoms with Crippen molar-refractivity contribution in [2.75, 3.05) is 20.5 Å². The molecule has 0 unspecified atom stereocenters. The van der Waals surface area contributed by atoms with Crippen LogP contribution in [0, 0.1) is 4.78 Å². The normalized spacial score (nSPS) is 13.2. The van der Waals surface area contributed by atoms with Crippen molar-refractivity contribution in [1.29, 1.82) is 4.78 Å². The molecule has 6 nitrogen and oxygen atoms in total. The van der Waals surface area contributed by atoms with Gasteiger partial charge in [-0.25, -0.2) is 8.99 Å². The lowest BCUT2D eigenvalue weighted by Crippen LogP contribution is -2.00. The van der Waals surface area contributed by atoms with E-state index in [0.29, 0.717) is 22.1 Å². The first-order valence-electron chi connectivity index (χ1n) is 7.88. The zero-order valence-corrected chi connectivity index (χ0v) is 15.6. The van der Waals surface area contributed by atoms with Gasteiger partial charge in [0.25, 0.3) is 0 Å². The fourth-order valence-corrected chi connectivity index (χ4v) is 3.33. The topological polar surface area (TPSA) is 81.5 Å². The Bertz CT molecular complexity index is 1050. The number of fused-ring (bicyclic) bond motifs is 1. The van der Waals surface area contributed by atoms with Crippen LogP contribution >= 0.6 is 0 Å². The fourth-order valence-electron chi connectivity index (χ4n) is 2.61. The van der Waals surface area contributed by atoms with Crippen LogP contribution in [0.1, 0.15) is 5.56 Å². The molecule has 1 heterocycles. The lowest BCUT2D eigenvalue weighted by molar-refractivity contribution is 0.309. The molecule has 0 aliphatic heterocycles. The van der Waals surface area contributed by atoms with E-state index < -0.39 is 9.73 Å². The molecule has 1 N–H and O–H groups in total. The highest BCUT2D eigenvalue weighted by atomic mass is 32.2. The number of pyridine rings is 1. The molecule has 136 valence electrons. The van der Waals surface area contributed by atoms with Crippen molar-refractivity contribution >= 4 is 20.6 Å². The summed E-state index contributed by atoms with van der Waals surface area (Å²) in [5, 5.41) is 0.807. The van der Waals surface area contributed by atoms with Gasteiger partial charge in [-0.3, -0.25) is 4.98 Å². The summed E-state index contributed by atoms with van der Waals surface area (Å²) in [5.41, 5.74) is 1.58. The molecule has 0 saturated carbocycles. The van der Waals surface area contributed by atoms with E-state index in [0.717, 1.165) is 16.5 Å². The number of nitrogens with zero attached hydrogens (tertiary/aromatic N) is 1. The highest BCUT2D eigenvalue weighted by Crippen LogP contribution is 2.35. The monoisotopic (exact) mass is 372 g/mol. The molecule has 3 rings (SSSR count). The molecule has 0 radical (unpaired) electrons. The Morgan fingerprint density at radius 2 is 1.77 bits per heavy atom. The van der Waals surface area contributed by atoms with E-state index in [1.54, 1.807) is 50.7 Å².